The van der Waals surface area contributed by atoms with Crippen LogP contribution in [-0.2, 0) is 17.7 Å². The van der Waals surface area contributed by atoms with Gasteiger partial charge in [-0.2, -0.15) is 0 Å². The van der Waals surface area contributed by atoms with E-state index in [-0.39, 0.29) is 0 Å². The van der Waals surface area contributed by atoms with E-state index in [1.54, 1.807) is 0 Å². The van der Waals surface area contributed by atoms with Crippen LogP contribution in [0.4, 0.5) is 0 Å². The first kappa shape index (κ1) is 22.9. The van der Waals surface area contributed by atoms with Gasteiger partial charge in [0.2, 0.25) is 6.79 Å². The van der Waals surface area contributed by atoms with E-state index in [9.17, 15) is 5.11 Å². The molecule has 0 radical (unpaired) electrons. The van der Waals surface area contributed by atoms with E-state index in [0.717, 1.165) is 56.4 Å². The van der Waals surface area contributed by atoms with Gasteiger partial charge in [0.1, 0.15) is 12.4 Å². The van der Waals surface area contributed by atoms with Crippen LogP contribution < -0.4 is 14.2 Å². The summed E-state index contributed by atoms with van der Waals surface area (Å²) in [5.74, 6) is 2.51. The monoisotopic (exact) mass is 442 g/mol. The van der Waals surface area contributed by atoms with Gasteiger partial charge in [0, 0.05) is 39.3 Å². The zero-order chi connectivity index (χ0) is 22.2. The molecule has 4 rings (SSSR count). The Morgan fingerprint density at radius 1 is 0.906 bits per heavy atom. The lowest BCUT2D eigenvalue weighted by molar-refractivity contribution is -0.000439. The van der Waals surface area contributed by atoms with Crippen molar-refractivity contribution in [3.63, 3.8) is 0 Å². The fourth-order valence-electron chi connectivity index (χ4n) is 4.04. The molecule has 2 aromatic carbocycles. The maximum atomic E-state index is 10.3. The number of aliphatic hydroxyl groups is 1. The van der Waals surface area contributed by atoms with Crippen LogP contribution in [-0.4, -0.2) is 80.3 Å². The minimum Gasteiger partial charge on any atom is -0.491 e. The molecule has 1 atom stereocenters. The number of hydrogen-bond acceptors (Lipinski definition) is 7. The fourth-order valence-corrected chi connectivity index (χ4v) is 4.04. The lowest BCUT2D eigenvalue weighted by Crippen LogP contribution is -2.48. The number of aryl methyl sites for hydroxylation is 1. The second-order valence-corrected chi connectivity index (χ2v) is 8.34. The first-order chi connectivity index (χ1) is 15.7. The third-order valence-corrected chi connectivity index (χ3v) is 5.92. The van der Waals surface area contributed by atoms with Crippen LogP contribution in [0, 0.1) is 0 Å². The van der Waals surface area contributed by atoms with Gasteiger partial charge in [0.15, 0.2) is 11.5 Å². The summed E-state index contributed by atoms with van der Waals surface area (Å²) in [6.45, 7) is 9.10. The van der Waals surface area contributed by atoms with Crippen molar-refractivity contribution in [3.05, 3.63) is 53.6 Å². The van der Waals surface area contributed by atoms with Crippen molar-refractivity contribution in [2.24, 2.45) is 0 Å². The Labute approximate surface area is 190 Å². The molecule has 2 heterocycles. The summed E-state index contributed by atoms with van der Waals surface area (Å²) in [5.41, 5.74) is 2.53. The SMILES string of the molecule is CCc1ccc(OCCOCC(O)CN2CCN(Cc3ccc4c(c3)OCO4)CC2)cc1. The summed E-state index contributed by atoms with van der Waals surface area (Å²) >= 11 is 0. The highest BCUT2D eigenvalue weighted by Gasteiger charge is 2.20. The normalized spacial score (nSPS) is 17.4. The van der Waals surface area contributed by atoms with E-state index in [2.05, 4.69) is 41.0 Å². The van der Waals surface area contributed by atoms with Gasteiger partial charge in [-0.05, 0) is 41.8 Å². The number of rotatable bonds is 11. The van der Waals surface area contributed by atoms with Crippen molar-refractivity contribution in [3.8, 4) is 17.2 Å². The molecule has 7 nitrogen and oxygen atoms in total. The van der Waals surface area contributed by atoms with Crippen LogP contribution in [0.5, 0.6) is 17.2 Å². The van der Waals surface area contributed by atoms with Gasteiger partial charge in [-0.25, -0.2) is 0 Å². The Hall–Kier alpha value is -2.32. The summed E-state index contributed by atoms with van der Waals surface area (Å²) in [7, 11) is 0. The van der Waals surface area contributed by atoms with Crippen molar-refractivity contribution in [1.29, 1.82) is 0 Å². The first-order valence-electron chi connectivity index (χ1n) is 11.5. The molecule has 1 fully saturated rings. The Morgan fingerprint density at radius 3 is 2.41 bits per heavy atom. The quantitative estimate of drug-likeness (QED) is 0.537. The molecular formula is C25H34N2O5. The van der Waals surface area contributed by atoms with E-state index < -0.39 is 6.10 Å². The summed E-state index contributed by atoms with van der Waals surface area (Å²) in [5, 5.41) is 10.3. The van der Waals surface area contributed by atoms with Gasteiger partial charge in [-0.1, -0.05) is 25.1 Å². The maximum absolute atomic E-state index is 10.3. The molecule has 2 aliphatic heterocycles. The topological polar surface area (TPSA) is 63.6 Å². The summed E-state index contributed by atoms with van der Waals surface area (Å²) < 4.78 is 22.1. The molecule has 2 aromatic rings. The average Bonchev–Trinajstić information content (AvgIpc) is 3.28. The number of aliphatic hydroxyl groups excluding tert-OH is 1. The number of fused-ring (bicyclic) bond motifs is 1. The van der Waals surface area contributed by atoms with E-state index in [1.165, 1.54) is 11.1 Å². The zero-order valence-electron chi connectivity index (χ0n) is 18.9. The fraction of sp³-hybridized carbons (Fsp3) is 0.520. The van der Waals surface area contributed by atoms with Gasteiger partial charge in [0.05, 0.1) is 19.3 Å². The van der Waals surface area contributed by atoms with Crippen LogP contribution in [0.25, 0.3) is 0 Å². The number of piperazine rings is 1. The minimum absolute atomic E-state index is 0.309. The van der Waals surface area contributed by atoms with E-state index in [0.29, 0.717) is 33.2 Å². The largest absolute Gasteiger partial charge is 0.491 e. The molecule has 0 spiro atoms. The zero-order valence-corrected chi connectivity index (χ0v) is 18.9. The lowest BCUT2D eigenvalue weighted by atomic mass is 10.1. The summed E-state index contributed by atoms with van der Waals surface area (Å²) in [6, 6.07) is 14.3. The molecule has 0 aliphatic carbocycles. The standard InChI is InChI=1S/C25H34N2O5/c1-2-20-3-6-23(7-4-20)30-14-13-29-18-22(28)17-27-11-9-26(10-12-27)16-21-5-8-24-25(15-21)32-19-31-24/h3-8,15,22,28H,2,9-14,16-19H2,1H3. The summed E-state index contributed by atoms with van der Waals surface area (Å²) in [6.07, 6.45) is 0.537. The average molecular weight is 443 g/mol. The third kappa shape index (κ3) is 6.59. The first-order valence-corrected chi connectivity index (χ1v) is 11.5. The van der Waals surface area contributed by atoms with Gasteiger partial charge in [0.25, 0.3) is 0 Å². The smallest absolute Gasteiger partial charge is 0.231 e. The van der Waals surface area contributed by atoms with Crippen molar-refractivity contribution in [2.45, 2.75) is 26.0 Å². The van der Waals surface area contributed by atoms with Crippen LogP contribution in [0.15, 0.2) is 42.5 Å². The highest BCUT2D eigenvalue weighted by Crippen LogP contribution is 2.32. The molecular weight excluding hydrogens is 408 g/mol. The van der Waals surface area contributed by atoms with E-state index >= 15 is 0 Å². The van der Waals surface area contributed by atoms with Gasteiger partial charge < -0.3 is 24.1 Å². The number of ether oxygens (including phenoxy) is 4. The van der Waals surface area contributed by atoms with Crippen molar-refractivity contribution in [1.82, 2.24) is 9.80 Å². The number of nitrogens with zero attached hydrogens (tertiary/aromatic N) is 2. The molecule has 1 unspecified atom stereocenters. The van der Waals surface area contributed by atoms with Gasteiger partial charge >= 0.3 is 0 Å². The third-order valence-electron chi connectivity index (χ3n) is 5.92. The molecule has 0 saturated carbocycles. The number of benzene rings is 2. The molecule has 2 aliphatic rings. The van der Waals surface area contributed by atoms with Crippen LogP contribution in [0.1, 0.15) is 18.1 Å². The molecule has 1 saturated heterocycles. The number of hydrogen-bond donors (Lipinski definition) is 1. The molecule has 0 aromatic heterocycles. The van der Waals surface area contributed by atoms with Crippen molar-refractivity contribution >= 4 is 0 Å². The van der Waals surface area contributed by atoms with Gasteiger partial charge in [-0.15, -0.1) is 0 Å². The Morgan fingerprint density at radius 2 is 1.62 bits per heavy atom. The second kappa shape index (κ2) is 11.5. The molecule has 1 N–H and O–H groups in total. The number of β-amino-alcohol motifs (C(OH)–C–C–N with tert-alkyl or cyclic N) is 1. The highest BCUT2D eigenvalue weighted by atomic mass is 16.7. The van der Waals surface area contributed by atoms with E-state index in [1.807, 2.05) is 18.2 Å². The Balaban J connectivity index is 1.07. The van der Waals surface area contributed by atoms with E-state index in [4.69, 9.17) is 18.9 Å². The van der Waals surface area contributed by atoms with Crippen molar-refractivity contribution < 1.29 is 24.1 Å². The molecule has 32 heavy (non-hydrogen) atoms. The van der Waals surface area contributed by atoms with Crippen LogP contribution in [0.3, 0.4) is 0 Å². The predicted octanol–water partition coefficient (Wildman–Crippen LogP) is 2.55. The lowest BCUT2D eigenvalue weighted by Gasteiger charge is -2.35. The summed E-state index contributed by atoms with van der Waals surface area (Å²) in [4.78, 5) is 4.73. The van der Waals surface area contributed by atoms with Crippen molar-refractivity contribution in [2.75, 3.05) is 59.3 Å². The maximum Gasteiger partial charge on any atom is 0.231 e. The van der Waals surface area contributed by atoms with Crippen LogP contribution in [0.2, 0.25) is 0 Å². The Kier molecular flexibility index (Phi) is 8.23. The van der Waals surface area contributed by atoms with Gasteiger partial charge in [-0.3, -0.25) is 9.80 Å². The second-order valence-electron chi connectivity index (χ2n) is 8.34. The molecule has 7 heteroatoms. The highest BCUT2D eigenvalue weighted by molar-refractivity contribution is 5.44. The minimum atomic E-state index is -0.487. The molecule has 174 valence electrons. The molecule has 0 amide bonds. The Bertz CT molecular complexity index is 837. The predicted molar refractivity (Wildman–Crippen MR) is 122 cm³/mol. The van der Waals surface area contributed by atoms with Crippen LogP contribution >= 0.6 is 0 Å². The molecule has 0 bridgehead atoms.